The molecule has 0 aromatic heterocycles. The second-order valence-corrected chi connectivity index (χ2v) is 4.39. The third-order valence-corrected chi connectivity index (χ3v) is 0. The summed E-state index contributed by atoms with van der Waals surface area (Å²) in [4.78, 5) is 0. The fourth-order valence-corrected chi connectivity index (χ4v) is 0. The van der Waals surface area contributed by atoms with Gasteiger partial charge in [0.05, 0.1) is 0 Å². The first-order valence-corrected chi connectivity index (χ1v) is 5.09. The number of halogens is 1. The van der Waals surface area contributed by atoms with Gasteiger partial charge < -0.3 is 0 Å². The van der Waals surface area contributed by atoms with Gasteiger partial charge in [-0.25, -0.2) is 0 Å². The van der Waals surface area contributed by atoms with Gasteiger partial charge in [0.1, 0.15) is 0 Å². The molecule has 0 atom stereocenters. The first-order valence-electron chi connectivity index (χ1n) is 1.21. The molecule has 0 aromatic carbocycles. The second-order valence-electron chi connectivity index (χ2n) is 0.500. The van der Waals surface area contributed by atoms with E-state index >= 15 is 0 Å². The van der Waals surface area contributed by atoms with E-state index in [1.807, 2.05) is 0 Å². The van der Waals surface area contributed by atoms with E-state index in [1.165, 1.54) is 3.93 Å². The third kappa shape index (κ3) is 26.3. The van der Waals surface area contributed by atoms with Crippen LogP contribution in [0.2, 0.25) is 3.93 Å². The monoisotopic (exact) mass is 297 g/mol. The van der Waals surface area contributed by atoms with Gasteiger partial charge in [-0.1, -0.05) is 0 Å². The molecule has 0 spiro atoms. The molecule has 0 heterocycles. The van der Waals surface area contributed by atoms with Crippen LogP contribution in [0.25, 0.3) is 0 Å². The summed E-state index contributed by atoms with van der Waals surface area (Å²) >= 11 is 1.07. The summed E-state index contributed by atoms with van der Waals surface area (Å²) in [6.07, 6.45) is 0. The van der Waals surface area contributed by atoms with Crippen molar-refractivity contribution < 1.29 is 26.1 Å². The minimum Gasteiger partial charge on any atom is -0.147 e. The second kappa shape index (κ2) is 17.1. The van der Waals surface area contributed by atoms with Gasteiger partial charge in [0.15, 0.2) is 17.4 Å². The van der Waals surface area contributed by atoms with E-state index in [9.17, 15) is 0 Å². The Morgan fingerprint density at radius 2 is 1.60 bits per heavy atom. The maximum Gasteiger partial charge on any atom is 0.187 e. The Balaban J connectivity index is -0.0000000200. The molecule has 0 aliphatic heterocycles. The van der Waals surface area contributed by atoms with Gasteiger partial charge in [-0.15, -0.1) is 12.4 Å². The summed E-state index contributed by atoms with van der Waals surface area (Å²) < 4.78 is 1.44. The van der Waals surface area contributed by atoms with E-state index < -0.39 is 0 Å². The van der Waals surface area contributed by atoms with Crippen molar-refractivity contribution >= 4 is 29.8 Å². The Hall–Kier alpha value is 1.76. The fraction of sp³-hybridized carbons (Fsp3) is 1.00. The molecule has 0 unspecified atom stereocenters. The van der Waals surface area contributed by atoms with Crippen molar-refractivity contribution in [1.29, 1.82) is 0 Å². The van der Waals surface area contributed by atoms with E-state index in [1.54, 1.807) is 0 Å². The van der Waals surface area contributed by atoms with Gasteiger partial charge in [0, 0.05) is 0 Å². The standard InChI is InChI=1S/C2H5.Al.ClH.Hg.3H/c1-2;;;;;;/h1H2,2H3;;1H;;;;. The topological polar surface area (TPSA) is 0 Å². The summed E-state index contributed by atoms with van der Waals surface area (Å²) in [7, 11) is 0. The Morgan fingerprint density at radius 1 is 1.60 bits per heavy atom. The van der Waals surface area contributed by atoms with E-state index in [4.69, 9.17) is 0 Å². The van der Waals surface area contributed by atoms with Crippen LogP contribution in [0.15, 0.2) is 0 Å². The molecule has 0 nitrogen and oxygen atoms in total. The minimum atomic E-state index is 0. The summed E-state index contributed by atoms with van der Waals surface area (Å²) in [6, 6.07) is 0. The zero-order valence-corrected chi connectivity index (χ0v) is 9.14. The molecule has 0 amide bonds. The maximum atomic E-state index is 2.21. The van der Waals surface area contributed by atoms with Crippen LogP contribution in [-0.4, -0.2) is 17.4 Å². The van der Waals surface area contributed by atoms with Crippen LogP contribution >= 0.6 is 12.4 Å². The molecule has 0 bridgehead atoms. The molecule has 3 heteroatoms. The molecule has 29 valence electrons. The smallest absolute Gasteiger partial charge is 0.147 e. The van der Waals surface area contributed by atoms with Crippen molar-refractivity contribution in [3.63, 3.8) is 0 Å². The van der Waals surface area contributed by atoms with Crippen LogP contribution in [0, 0.1) is 0 Å². The number of rotatable bonds is 0. The van der Waals surface area contributed by atoms with Gasteiger partial charge in [-0.2, -0.15) is 0 Å². The minimum absolute atomic E-state index is 0. The predicted molar refractivity (Wildman–Crippen MR) is 27.7 cm³/mol. The Labute approximate surface area is 66.2 Å². The maximum absolute atomic E-state index is 2.21. The predicted octanol–water partition coefficient (Wildman–Crippen LogP) is 0.209. The van der Waals surface area contributed by atoms with Crippen molar-refractivity contribution in [3.05, 3.63) is 0 Å². The molecule has 0 fully saturated rings. The SMILES string of the molecule is C[CH2][Hg].Cl.[AlH3]. The van der Waals surface area contributed by atoms with Crippen LogP contribution in [0.5, 0.6) is 0 Å². The van der Waals surface area contributed by atoms with Crippen molar-refractivity contribution in [1.82, 2.24) is 0 Å². The molecule has 0 aliphatic rings. The van der Waals surface area contributed by atoms with Gasteiger partial charge in [-0.3, -0.25) is 0 Å². The number of hydrogen-bond donors (Lipinski definition) is 0. The molecule has 0 saturated heterocycles. The van der Waals surface area contributed by atoms with Crippen molar-refractivity contribution in [2.24, 2.45) is 0 Å². The van der Waals surface area contributed by atoms with Gasteiger partial charge in [-0.05, 0) is 0 Å². The summed E-state index contributed by atoms with van der Waals surface area (Å²) in [5.41, 5.74) is 0. The average Bonchev–Trinajstić information content (AvgIpc) is 0.918. The molecule has 0 rings (SSSR count). The van der Waals surface area contributed by atoms with E-state index in [0.717, 1.165) is 26.1 Å². The summed E-state index contributed by atoms with van der Waals surface area (Å²) in [6.45, 7) is 2.21. The van der Waals surface area contributed by atoms with E-state index in [-0.39, 0.29) is 29.8 Å². The Morgan fingerprint density at radius 3 is 1.60 bits per heavy atom. The first-order chi connectivity index (χ1) is 1.41. The normalized spacial score (nSPS) is 3.80. The molecular weight excluding hydrogens is 287 g/mol. The van der Waals surface area contributed by atoms with Gasteiger partial charge in [0.2, 0.25) is 0 Å². The third-order valence-electron chi connectivity index (χ3n) is 0. The van der Waals surface area contributed by atoms with Crippen molar-refractivity contribution in [2.75, 3.05) is 0 Å². The fourth-order valence-electron chi connectivity index (χ4n) is 0. The quantitative estimate of drug-likeness (QED) is 0.561. The largest absolute Gasteiger partial charge is 0.187 e. The van der Waals surface area contributed by atoms with Crippen molar-refractivity contribution in [2.45, 2.75) is 10.9 Å². The summed E-state index contributed by atoms with van der Waals surface area (Å²) in [5.74, 6) is 0. The Bertz CT molecular complexity index is 9.61. The van der Waals surface area contributed by atoms with Crippen LogP contribution in [-0.2, 0) is 26.1 Å². The average molecular weight is 296 g/mol. The van der Waals surface area contributed by atoms with Gasteiger partial charge >= 0.3 is 37.0 Å². The van der Waals surface area contributed by atoms with Crippen LogP contribution in [0.3, 0.4) is 0 Å². The molecular formula is C2H9AlClHg. The molecule has 0 aliphatic carbocycles. The number of hydrogen-bond acceptors (Lipinski definition) is 0. The van der Waals surface area contributed by atoms with E-state index in [2.05, 4.69) is 6.92 Å². The first kappa shape index (κ1) is 15.9. The zero-order valence-electron chi connectivity index (χ0n) is 2.82. The molecule has 0 N–H and O–H groups in total. The zero-order chi connectivity index (χ0) is 2.71. The van der Waals surface area contributed by atoms with Crippen molar-refractivity contribution in [3.8, 4) is 0 Å². The van der Waals surface area contributed by atoms with Crippen LogP contribution in [0.4, 0.5) is 0 Å². The van der Waals surface area contributed by atoms with Crippen LogP contribution < -0.4 is 0 Å². The molecule has 0 saturated carbocycles. The van der Waals surface area contributed by atoms with Crippen LogP contribution in [0.1, 0.15) is 6.92 Å². The molecule has 0 radical (unpaired) electrons. The van der Waals surface area contributed by atoms with E-state index in [0.29, 0.717) is 0 Å². The van der Waals surface area contributed by atoms with Gasteiger partial charge in [0.25, 0.3) is 0 Å². The molecule has 0 aromatic rings. The molecule has 5 heavy (non-hydrogen) atoms. The Kier molecular flexibility index (Phi) is 54.4. The summed E-state index contributed by atoms with van der Waals surface area (Å²) in [5, 5.41) is 0.